The molecule has 1 aromatic heterocycles. The Bertz CT molecular complexity index is 256. The number of hydrogen-bond donors (Lipinski definition) is 0. The highest BCUT2D eigenvalue weighted by atomic mass is 19.4. The molecular formula is C6H4F3N2. The van der Waals surface area contributed by atoms with Crippen LogP contribution in [-0.2, 0) is 6.18 Å². The highest BCUT2D eigenvalue weighted by Gasteiger charge is 2.34. The normalized spacial score (nSPS) is 11.6. The maximum Gasteiger partial charge on any atom is 0.435 e. The Morgan fingerprint density at radius 2 is 1.73 bits per heavy atom. The topological polar surface area (TPSA) is 25.8 Å². The first-order valence-electron chi connectivity index (χ1n) is 2.72. The molecule has 0 bridgehead atoms. The van der Waals surface area contributed by atoms with Gasteiger partial charge in [-0.1, -0.05) is 0 Å². The number of rotatable bonds is 0. The number of nitrogens with zero attached hydrogens (tertiary/aromatic N) is 2. The molecule has 0 aromatic carbocycles. The van der Waals surface area contributed by atoms with Crippen LogP contribution in [0.4, 0.5) is 13.2 Å². The van der Waals surface area contributed by atoms with Crippen molar-refractivity contribution in [3.63, 3.8) is 0 Å². The molecule has 2 nitrogen and oxygen atoms in total. The summed E-state index contributed by atoms with van der Waals surface area (Å²) in [4.78, 5) is 6.45. The first-order chi connectivity index (χ1) is 5.02. The van der Waals surface area contributed by atoms with E-state index in [1.54, 1.807) is 0 Å². The molecule has 0 fully saturated rings. The summed E-state index contributed by atoms with van der Waals surface area (Å²) < 4.78 is 35.7. The molecule has 1 heterocycles. The van der Waals surface area contributed by atoms with Crippen molar-refractivity contribution >= 4 is 0 Å². The molecule has 0 saturated carbocycles. The van der Waals surface area contributed by atoms with Crippen molar-refractivity contribution in [2.45, 2.75) is 6.18 Å². The quantitative estimate of drug-likeness (QED) is 0.578. The second-order valence-corrected chi connectivity index (χ2v) is 1.85. The van der Waals surface area contributed by atoms with E-state index >= 15 is 0 Å². The molecule has 0 aliphatic carbocycles. The first-order valence-corrected chi connectivity index (χ1v) is 2.72. The molecular weight excluding hydrogens is 157 g/mol. The van der Waals surface area contributed by atoms with Crippen LogP contribution < -0.4 is 0 Å². The summed E-state index contributed by atoms with van der Waals surface area (Å²) in [5.41, 5.74) is -1.38. The fourth-order valence-corrected chi connectivity index (χ4v) is 0.604. The van der Waals surface area contributed by atoms with E-state index in [1.165, 1.54) is 0 Å². The maximum atomic E-state index is 11.9. The average Bonchev–Trinajstić information content (AvgIpc) is 1.86. The van der Waals surface area contributed by atoms with E-state index in [0.717, 1.165) is 12.4 Å². The second-order valence-electron chi connectivity index (χ2n) is 1.85. The van der Waals surface area contributed by atoms with Gasteiger partial charge in [0.1, 0.15) is 0 Å². The Morgan fingerprint density at radius 3 is 2.09 bits per heavy atom. The minimum absolute atomic E-state index is 0.347. The Labute approximate surface area is 61.1 Å². The summed E-state index contributed by atoms with van der Waals surface area (Å²) in [5.74, 6) is 0. The van der Waals surface area contributed by atoms with Gasteiger partial charge in [-0.05, 0) is 6.92 Å². The molecule has 0 atom stereocenters. The molecule has 0 N–H and O–H groups in total. The minimum atomic E-state index is -4.45. The van der Waals surface area contributed by atoms with Gasteiger partial charge in [-0.15, -0.1) is 0 Å². The number of aromatic nitrogens is 2. The Kier molecular flexibility index (Phi) is 1.80. The summed E-state index contributed by atoms with van der Waals surface area (Å²) in [6, 6.07) is 0. The van der Waals surface area contributed by atoms with Crippen molar-refractivity contribution in [1.29, 1.82) is 0 Å². The highest BCUT2D eigenvalue weighted by Crippen LogP contribution is 2.28. The molecule has 0 unspecified atom stereocenters. The first kappa shape index (κ1) is 7.97. The largest absolute Gasteiger partial charge is 0.435 e. The summed E-state index contributed by atoms with van der Waals surface area (Å²) >= 11 is 0. The highest BCUT2D eigenvalue weighted by molar-refractivity contribution is 5.16. The zero-order valence-corrected chi connectivity index (χ0v) is 5.39. The molecule has 1 aromatic rings. The van der Waals surface area contributed by atoms with Gasteiger partial charge in [-0.3, -0.25) is 4.98 Å². The van der Waals surface area contributed by atoms with Gasteiger partial charge in [-0.2, -0.15) is 13.2 Å². The van der Waals surface area contributed by atoms with Gasteiger partial charge in [0.05, 0.1) is 5.69 Å². The summed E-state index contributed by atoms with van der Waals surface area (Å²) in [6.45, 7) is 3.09. The van der Waals surface area contributed by atoms with Crippen LogP contribution in [0.15, 0.2) is 12.4 Å². The Hall–Kier alpha value is -1.13. The van der Waals surface area contributed by atoms with E-state index in [9.17, 15) is 13.2 Å². The van der Waals surface area contributed by atoms with E-state index in [0.29, 0.717) is 0 Å². The lowest BCUT2D eigenvalue weighted by Crippen LogP contribution is -2.10. The number of halogens is 3. The van der Waals surface area contributed by atoms with Crippen molar-refractivity contribution < 1.29 is 13.2 Å². The molecule has 5 heteroatoms. The summed E-state index contributed by atoms with van der Waals surface area (Å²) in [5, 5.41) is 0. The number of hydrogen-bond acceptors (Lipinski definition) is 2. The predicted molar refractivity (Wildman–Crippen MR) is 31.5 cm³/mol. The molecule has 0 amide bonds. The monoisotopic (exact) mass is 161 g/mol. The molecule has 0 spiro atoms. The third-order valence-corrected chi connectivity index (χ3v) is 1.04. The fourth-order valence-electron chi connectivity index (χ4n) is 0.604. The van der Waals surface area contributed by atoms with Gasteiger partial charge in [0.2, 0.25) is 0 Å². The van der Waals surface area contributed by atoms with Crippen LogP contribution >= 0.6 is 0 Å². The Morgan fingerprint density at radius 1 is 1.18 bits per heavy atom. The van der Waals surface area contributed by atoms with Crippen LogP contribution in [0, 0.1) is 6.92 Å². The lowest BCUT2D eigenvalue weighted by molar-refractivity contribution is -0.141. The molecule has 0 aliphatic heterocycles. The van der Waals surface area contributed by atoms with Crippen LogP contribution in [0.3, 0.4) is 0 Å². The van der Waals surface area contributed by atoms with E-state index in [2.05, 4.69) is 16.9 Å². The van der Waals surface area contributed by atoms with E-state index in [4.69, 9.17) is 0 Å². The zero-order chi connectivity index (χ0) is 8.48. The second kappa shape index (κ2) is 2.48. The van der Waals surface area contributed by atoms with E-state index < -0.39 is 11.9 Å². The van der Waals surface area contributed by atoms with Crippen LogP contribution in [0.5, 0.6) is 0 Å². The lowest BCUT2D eigenvalue weighted by atomic mass is 10.3. The summed E-state index contributed by atoms with van der Waals surface area (Å²) in [6.07, 6.45) is -2.31. The molecule has 59 valence electrons. The van der Waals surface area contributed by atoms with Gasteiger partial charge in [-0.25, -0.2) is 4.98 Å². The number of alkyl halides is 3. The summed E-state index contributed by atoms with van der Waals surface area (Å²) in [7, 11) is 0. The molecule has 0 aliphatic rings. The van der Waals surface area contributed by atoms with Crippen molar-refractivity contribution in [3.05, 3.63) is 30.7 Å². The molecule has 1 rings (SSSR count). The maximum absolute atomic E-state index is 11.9. The third-order valence-electron chi connectivity index (χ3n) is 1.04. The van der Waals surface area contributed by atoms with Gasteiger partial charge in [0.15, 0.2) is 5.69 Å². The van der Waals surface area contributed by atoms with Gasteiger partial charge < -0.3 is 0 Å². The van der Waals surface area contributed by atoms with Crippen LogP contribution in [0.25, 0.3) is 0 Å². The lowest BCUT2D eigenvalue weighted by Gasteiger charge is -2.05. The van der Waals surface area contributed by atoms with E-state index in [1.807, 2.05) is 0 Å². The van der Waals surface area contributed by atoms with Crippen molar-refractivity contribution in [2.75, 3.05) is 0 Å². The fraction of sp³-hybridized carbons (Fsp3) is 0.167. The minimum Gasteiger partial charge on any atom is -0.257 e. The smallest absolute Gasteiger partial charge is 0.257 e. The SMILES string of the molecule is [CH2]c1nccnc1C(F)(F)F. The van der Waals surface area contributed by atoms with E-state index in [-0.39, 0.29) is 5.69 Å². The Balaban J connectivity index is 3.14. The van der Waals surface area contributed by atoms with Crippen molar-refractivity contribution in [3.8, 4) is 0 Å². The van der Waals surface area contributed by atoms with Gasteiger partial charge in [0.25, 0.3) is 0 Å². The standard InChI is InChI=1S/C6H4F3N2/c1-4-5(6(7,8)9)11-3-2-10-4/h2-3H,1H2. The molecule has 11 heavy (non-hydrogen) atoms. The molecule has 0 saturated heterocycles. The molecule has 1 radical (unpaired) electrons. The van der Waals surface area contributed by atoms with Crippen LogP contribution in [-0.4, -0.2) is 9.97 Å². The van der Waals surface area contributed by atoms with Gasteiger partial charge >= 0.3 is 6.18 Å². The van der Waals surface area contributed by atoms with Crippen LogP contribution in [0.2, 0.25) is 0 Å². The predicted octanol–water partition coefficient (Wildman–Crippen LogP) is 1.68. The van der Waals surface area contributed by atoms with Crippen molar-refractivity contribution in [2.24, 2.45) is 0 Å². The van der Waals surface area contributed by atoms with Crippen LogP contribution in [0.1, 0.15) is 11.4 Å². The third kappa shape index (κ3) is 1.66. The zero-order valence-electron chi connectivity index (χ0n) is 5.39. The average molecular weight is 161 g/mol. The van der Waals surface area contributed by atoms with Crippen molar-refractivity contribution in [1.82, 2.24) is 9.97 Å². The van der Waals surface area contributed by atoms with Gasteiger partial charge in [0, 0.05) is 12.4 Å².